The van der Waals surface area contributed by atoms with Gasteiger partial charge in [0.2, 0.25) is 0 Å². The Balaban J connectivity index is 2.05. The Morgan fingerprint density at radius 2 is 1.85 bits per heavy atom. The lowest BCUT2D eigenvalue weighted by atomic mass is 10.0. The highest BCUT2D eigenvalue weighted by Crippen LogP contribution is 2.35. The van der Waals surface area contributed by atoms with Gasteiger partial charge in [0, 0.05) is 19.3 Å². The SMILES string of the molecule is CC1CCC(N=Nc2ccccc2C(=O)O)=C2N(C)C=C(C(=O)O)C(=O)N21. The molecular formula is C18H18N4O5. The van der Waals surface area contributed by atoms with Crippen molar-refractivity contribution in [1.29, 1.82) is 0 Å². The van der Waals surface area contributed by atoms with Crippen LogP contribution >= 0.6 is 0 Å². The first kappa shape index (κ1) is 18.3. The molecule has 9 nitrogen and oxygen atoms in total. The van der Waals surface area contributed by atoms with Gasteiger partial charge in [0.25, 0.3) is 5.91 Å². The van der Waals surface area contributed by atoms with Crippen LogP contribution in [0, 0.1) is 0 Å². The predicted molar refractivity (Wildman–Crippen MR) is 94.0 cm³/mol. The summed E-state index contributed by atoms with van der Waals surface area (Å²) >= 11 is 0. The van der Waals surface area contributed by atoms with E-state index in [-0.39, 0.29) is 22.9 Å². The number of hydrogen-bond acceptors (Lipinski definition) is 6. The van der Waals surface area contributed by atoms with E-state index >= 15 is 0 Å². The van der Waals surface area contributed by atoms with E-state index < -0.39 is 17.8 Å². The molecule has 0 aromatic heterocycles. The van der Waals surface area contributed by atoms with Crippen LogP contribution in [0.15, 0.2) is 57.8 Å². The lowest BCUT2D eigenvalue weighted by Crippen LogP contribution is -2.49. The van der Waals surface area contributed by atoms with E-state index in [1.54, 1.807) is 25.2 Å². The van der Waals surface area contributed by atoms with Gasteiger partial charge in [-0.1, -0.05) is 12.1 Å². The molecule has 3 rings (SSSR count). The summed E-state index contributed by atoms with van der Waals surface area (Å²) < 4.78 is 0. The Morgan fingerprint density at radius 1 is 1.15 bits per heavy atom. The van der Waals surface area contributed by atoms with Crippen LogP contribution < -0.4 is 0 Å². The number of allylic oxidation sites excluding steroid dienone is 1. The van der Waals surface area contributed by atoms with Crippen molar-refractivity contribution in [1.82, 2.24) is 9.80 Å². The van der Waals surface area contributed by atoms with Gasteiger partial charge in [0.1, 0.15) is 22.8 Å². The van der Waals surface area contributed by atoms with E-state index in [9.17, 15) is 24.6 Å². The number of azo groups is 1. The molecule has 1 aromatic rings. The molecule has 0 fully saturated rings. The van der Waals surface area contributed by atoms with E-state index in [4.69, 9.17) is 0 Å². The number of carbonyl (C=O) groups excluding carboxylic acids is 1. The van der Waals surface area contributed by atoms with Gasteiger partial charge in [-0.05, 0) is 31.9 Å². The van der Waals surface area contributed by atoms with Crippen molar-refractivity contribution < 1.29 is 24.6 Å². The molecule has 1 amide bonds. The molecule has 0 bridgehead atoms. The summed E-state index contributed by atoms with van der Waals surface area (Å²) in [5, 5.41) is 26.8. The van der Waals surface area contributed by atoms with Gasteiger partial charge in [0.15, 0.2) is 0 Å². The molecule has 2 aliphatic heterocycles. The molecule has 27 heavy (non-hydrogen) atoms. The number of carboxylic acid groups (broad SMARTS) is 2. The number of hydrogen-bond donors (Lipinski definition) is 2. The number of aromatic carboxylic acids is 1. The fourth-order valence-electron chi connectivity index (χ4n) is 3.14. The zero-order valence-electron chi connectivity index (χ0n) is 14.8. The summed E-state index contributed by atoms with van der Waals surface area (Å²) in [6, 6.07) is 6.04. The number of fused-ring (bicyclic) bond motifs is 1. The Hall–Kier alpha value is -3.49. The highest BCUT2D eigenvalue weighted by Gasteiger charge is 2.39. The summed E-state index contributed by atoms with van der Waals surface area (Å²) in [4.78, 5) is 38.2. The maximum atomic E-state index is 12.6. The van der Waals surface area contributed by atoms with Crippen molar-refractivity contribution in [2.24, 2.45) is 10.2 Å². The van der Waals surface area contributed by atoms with Crippen molar-refractivity contribution in [3.63, 3.8) is 0 Å². The van der Waals surface area contributed by atoms with Gasteiger partial charge < -0.3 is 15.1 Å². The molecule has 2 heterocycles. The van der Waals surface area contributed by atoms with Crippen LogP contribution in [-0.4, -0.2) is 50.9 Å². The van der Waals surface area contributed by atoms with Crippen molar-refractivity contribution in [3.8, 4) is 0 Å². The summed E-state index contributed by atoms with van der Waals surface area (Å²) in [5.74, 6) is -2.54. The first-order chi connectivity index (χ1) is 12.8. The van der Waals surface area contributed by atoms with Crippen LogP contribution in [0.4, 0.5) is 5.69 Å². The quantitative estimate of drug-likeness (QED) is 0.620. The van der Waals surface area contributed by atoms with Crippen LogP contribution in [0.5, 0.6) is 0 Å². The van der Waals surface area contributed by atoms with Crippen LogP contribution in [0.2, 0.25) is 0 Å². The molecule has 0 aliphatic carbocycles. The molecule has 0 spiro atoms. The van der Waals surface area contributed by atoms with Crippen LogP contribution in [0.25, 0.3) is 0 Å². The largest absolute Gasteiger partial charge is 0.478 e. The fourth-order valence-corrected chi connectivity index (χ4v) is 3.14. The average molecular weight is 370 g/mol. The van der Waals surface area contributed by atoms with Crippen LogP contribution in [-0.2, 0) is 9.59 Å². The maximum absolute atomic E-state index is 12.6. The van der Waals surface area contributed by atoms with Crippen LogP contribution in [0.1, 0.15) is 30.1 Å². The molecule has 1 unspecified atom stereocenters. The summed E-state index contributed by atoms with van der Waals surface area (Å²) in [7, 11) is 1.64. The minimum absolute atomic E-state index is 0.0222. The molecule has 2 N–H and O–H groups in total. The molecule has 140 valence electrons. The molecule has 2 aliphatic rings. The van der Waals surface area contributed by atoms with Crippen LogP contribution in [0.3, 0.4) is 0 Å². The molecule has 1 atom stereocenters. The molecule has 9 heteroatoms. The normalized spacial score (nSPS) is 20.0. The number of amides is 1. The second kappa shape index (κ2) is 7.02. The van der Waals surface area contributed by atoms with Gasteiger partial charge in [-0.25, -0.2) is 9.59 Å². The Labute approximate surface area is 154 Å². The van der Waals surface area contributed by atoms with Crippen molar-refractivity contribution in [2.45, 2.75) is 25.8 Å². The zero-order chi connectivity index (χ0) is 19.7. The molecule has 0 saturated heterocycles. The van der Waals surface area contributed by atoms with E-state index in [0.717, 1.165) is 0 Å². The summed E-state index contributed by atoms with van der Waals surface area (Å²) in [5.41, 5.74) is 0.399. The third-order valence-electron chi connectivity index (χ3n) is 4.48. The van der Waals surface area contributed by atoms with E-state index in [2.05, 4.69) is 10.2 Å². The third kappa shape index (κ3) is 3.31. The van der Waals surface area contributed by atoms with E-state index in [1.807, 2.05) is 6.92 Å². The second-order valence-corrected chi connectivity index (χ2v) is 6.31. The van der Waals surface area contributed by atoms with Gasteiger partial charge in [-0.15, -0.1) is 5.11 Å². The number of nitrogens with zero attached hydrogens (tertiary/aromatic N) is 4. The van der Waals surface area contributed by atoms with Gasteiger partial charge in [-0.2, -0.15) is 5.11 Å². The van der Waals surface area contributed by atoms with E-state index in [0.29, 0.717) is 24.4 Å². The van der Waals surface area contributed by atoms with Gasteiger partial charge in [0.05, 0.1) is 5.56 Å². The second-order valence-electron chi connectivity index (χ2n) is 6.31. The first-order valence-electron chi connectivity index (χ1n) is 8.30. The van der Waals surface area contributed by atoms with Crippen molar-refractivity contribution in [3.05, 3.63) is 53.1 Å². The fraction of sp³-hybridized carbons (Fsp3) is 0.278. The molecular weight excluding hydrogens is 352 g/mol. The average Bonchev–Trinajstić information content (AvgIpc) is 2.63. The smallest absolute Gasteiger partial charge is 0.342 e. The Morgan fingerprint density at radius 3 is 2.52 bits per heavy atom. The molecule has 0 radical (unpaired) electrons. The third-order valence-corrected chi connectivity index (χ3v) is 4.48. The maximum Gasteiger partial charge on any atom is 0.342 e. The van der Waals surface area contributed by atoms with Gasteiger partial charge in [-0.3, -0.25) is 9.69 Å². The minimum atomic E-state index is -1.29. The lowest BCUT2D eigenvalue weighted by Gasteiger charge is -2.41. The highest BCUT2D eigenvalue weighted by molar-refractivity contribution is 6.16. The number of carboxylic acids is 2. The molecule has 1 aromatic carbocycles. The zero-order valence-corrected chi connectivity index (χ0v) is 14.8. The number of rotatable bonds is 4. The van der Waals surface area contributed by atoms with Gasteiger partial charge >= 0.3 is 11.9 Å². The van der Waals surface area contributed by atoms with Crippen molar-refractivity contribution in [2.75, 3.05) is 7.05 Å². The summed E-state index contributed by atoms with van der Waals surface area (Å²) in [6.45, 7) is 1.84. The monoisotopic (exact) mass is 370 g/mol. The molecule has 0 saturated carbocycles. The Bertz CT molecular complexity index is 918. The highest BCUT2D eigenvalue weighted by atomic mass is 16.4. The lowest BCUT2D eigenvalue weighted by molar-refractivity contribution is -0.139. The minimum Gasteiger partial charge on any atom is -0.478 e. The Kier molecular flexibility index (Phi) is 4.76. The van der Waals surface area contributed by atoms with Crippen molar-refractivity contribution >= 4 is 23.5 Å². The summed E-state index contributed by atoms with van der Waals surface area (Å²) in [6.07, 6.45) is 2.37. The van der Waals surface area contributed by atoms with E-state index in [1.165, 1.54) is 22.1 Å². The first-order valence-corrected chi connectivity index (χ1v) is 8.30. The number of aliphatic carboxylic acids is 1. The standard InChI is InChI=1S/C18H18N4O5/c1-10-7-8-14(20-19-13-6-4-3-5-11(13)17(24)25)15-21(2)9-12(18(26)27)16(23)22(10)15/h3-6,9-10H,7-8H2,1-2H3,(H,24,25)(H,26,27). The topological polar surface area (TPSA) is 123 Å². The number of benzene rings is 1. The predicted octanol–water partition coefficient (Wildman–Crippen LogP) is 2.56. The number of carbonyl (C=O) groups is 3.